The fourth-order valence-corrected chi connectivity index (χ4v) is 2.60. The number of ether oxygens (including phenoxy) is 3. The van der Waals surface area contributed by atoms with Crippen LogP contribution >= 0.6 is 24.0 Å². The van der Waals surface area contributed by atoms with E-state index in [2.05, 4.69) is 20.9 Å². The summed E-state index contributed by atoms with van der Waals surface area (Å²) in [5, 5.41) is 9.17. The van der Waals surface area contributed by atoms with Crippen LogP contribution in [0.2, 0.25) is 0 Å². The van der Waals surface area contributed by atoms with Crippen molar-refractivity contribution in [2.45, 2.75) is 13.5 Å². The summed E-state index contributed by atoms with van der Waals surface area (Å²) in [6.07, 6.45) is 0. The average molecular weight is 528 g/mol. The van der Waals surface area contributed by atoms with Crippen LogP contribution in [0.4, 0.5) is 5.69 Å². The Labute approximate surface area is 194 Å². The molecule has 2 aromatic carbocycles. The van der Waals surface area contributed by atoms with E-state index < -0.39 is 0 Å². The Kier molecular flexibility index (Phi) is 11.4. The minimum absolute atomic E-state index is 0. The summed E-state index contributed by atoms with van der Waals surface area (Å²) in [7, 11) is 4.93. The number of anilines is 1. The smallest absolute Gasteiger partial charge is 0.221 e. The van der Waals surface area contributed by atoms with E-state index in [1.54, 1.807) is 27.3 Å². The number of halogens is 1. The second kappa shape index (κ2) is 13.5. The Morgan fingerprint density at radius 1 is 1.03 bits per heavy atom. The first-order valence-corrected chi connectivity index (χ1v) is 9.21. The summed E-state index contributed by atoms with van der Waals surface area (Å²) >= 11 is 0. The maximum absolute atomic E-state index is 11.1. The molecule has 1 amide bonds. The molecule has 9 heteroatoms. The van der Waals surface area contributed by atoms with Gasteiger partial charge in [-0.3, -0.25) is 9.79 Å². The maximum Gasteiger partial charge on any atom is 0.221 e. The molecule has 164 valence electrons. The van der Waals surface area contributed by atoms with Crippen LogP contribution in [0.3, 0.4) is 0 Å². The second-order valence-electron chi connectivity index (χ2n) is 6.10. The molecule has 8 nitrogen and oxygen atoms in total. The van der Waals surface area contributed by atoms with E-state index in [1.807, 2.05) is 36.4 Å². The number of carbonyl (C=O) groups excluding carboxylic acids is 1. The molecule has 0 saturated heterocycles. The van der Waals surface area contributed by atoms with Crippen LogP contribution in [0, 0.1) is 0 Å². The van der Waals surface area contributed by atoms with Gasteiger partial charge in [-0.05, 0) is 29.8 Å². The predicted octanol–water partition coefficient (Wildman–Crippen LogP) is 3.02. The van der Waals surface area contributed by atoms with Crippen molar-refractivity contribution in [1.82, 2.24) is 10.6 Å². The molecule has 2 aromatic rings. The van der Waals surface area contributed by atoms with E-state index in [9.17, 15) is 4.79 Å². The predicted molar refractivity (Wildman–Crippen MR) is 129 cm³/mol. The second-order valence-corrected chi connectivity index (χ2v) is 6.10. The van der Waals surface area contributed by atoms with E-state index in [1.165, 1.54) is 6.92 Å². The summed E-state index contributed by atoms with van der Waals surface area (Å²) in [6.45, 7) is 3.06. The number of nitrogens with one attached hydrogen (secondary N) is 3. The summed E-state index contributed by atoms with van der Waals surface area (Å²) < 4.78 is 16.3. The van der Waals surface area contributed by atoms with Gasteiger partial charge < -0.3 is 30.2 Å². The molecule has 0 fully saturated rings. The van der Waals surface area contributed by atoms with Crippen molar-refractivity contribution in [3.63, 3.8) is 0 Å². The summed E-state index contributed by atoms with van der Waals surface area (Å²) in [6, 6.07) is 13.0. The molecular formula is C21H29IN4O4. The lowest BCUT2D eigenvalue weighted by Gasteiger charge is -2.14. The Morgan fingerprint density at radius 2 is 1.80 bits per heavy atom. The van der Waals surface area contributed by atoms with Gasteiger partial charge in [0.1, 0.15) is 12.4 Å². The van der Waals surface area contributed by atoms with Crippen LogP contribution in [-0.2, 0) is 11.3 Å². The Hall–Kier alpha value is -2.69. The molecule has 0 atom stereocenters. The third-order valence-corrected chi connectivity index (χ3v) is 3.95. The molecule has 0 saturated carbocycles. The number of rotatable bonds is 9. The van der Waals surface area contributed by atoms with Crippen molar-refractivity contribution in [2.75, 3.05) is 39.7 Å². The zero-order chi connectivity index (χ0) is 21.1. The topological polar surface area (TPSA) is 93.2 Å². The van der Waals surface area contributed by atoms with Crippen LogP contribution in [0.5, 0.6) is 17.2 Å². The number of benzene rings is 2. The van der Waals surface area contributed by atoms with E-state index in [4.69, 9.17) is 14.2 Å². The van der Waals surface area contributed by atoms with Crippen molar-refractivity contribution in [3.05, 3.63) is 48.0 Å². The molecule has 0 aromatic heterocycles. The normalized spacial score (nSPS) is 10.5. The van der Waals surface area contributed by atoms with Gasteiger partial charge in [-0.2, -0.15) is 0 Å². The van der Waals surface area contributed by atoms with Gasteiger partial charge in [0.2, 0.25) is 5.91 Å². The van der Waals surface area contributed by atoms with Gasteiger partial charge in [-0.25, -0.2) is 0 Å². The number of amides is 1. The molecule has 3 N–H and O–H groups in total. The molecule has 0 bridgehead atoms. The first-order chi connectivity index (χ1) is 14.0. The first-order valence-electron chi connectivity index (χ1n) is 9.21. The molecular weight excluding hydrogens is 499 g/mol. The molecule has 0 spiro atoms. The highest BCUT2D eigenvalue weighted by Crippen LogP contribution is 2.27. The largest absolute Gasteiger partial charge is 0.493 e. The van der Waals surface area contributed by atoms with Gasteiger partial charge in [0, 0.05) is 32.3 Å². The van der Waals surface area contributed by atoms with Crippen molar-refractivity contribution >= 4 is 41.5 Å². The number of hydrogen-bond donors (Lipinski definition) is 3. The standard InChI is InChI=1S/C21H28N4O4.HI/c1-15(26)25-17-6-5-7-18(13-17)29-11-10-23-21(22-2)24-14-16-8-9-19(27-3)20(12-16)28-4;/h5-9,12-13H,10-11,14H2,1-4H3,(H,25,26)(H2,22,23,24);1H. The van der Waals surface area contributed by atoms with Crippen molar-refractivity contribution < 1.29 is 19.0 Å². The summed E-state index contributed by atoms with van der Waals surface area (Å²) in [5.41, 5.74) is 1.74. The lowest BCUT2D eigenvalue weighted by Crippen LogP contribution is -2.38. The summed E-state index contributed by atoms with van der Waals surface area (Å²) in [4.78, 5) is 15.3. The van der Waals surface area contributed by atoms with Crippen molar-refractivity contribution in [1.29, 1.82) is 0 Å². The fraction of sp³-hybridized carbons (Fsp3) is 0.333. The zero-order valence-electron chi connectivity index (χ0n) is 17.7. The van der Waals surface area contributed by atoms with Crippen LogP contribution in [0.15, 0.2) is 47.5 Å². The quantitative estimate of drug-likeness (QED) is 0.201. The Bertz CT molecular complexity index is 846. The molecule has 0 aliphatic rings. The minimum atomic E-state index is -0.117. The molecule has 0 aliphatic heterocycles. The fourth-order valence-electron chi connectivity index (χ4n) is 2.60. The van der Waals surface area contributed by atoms with Gasteiger partial charge in [-0.15, -0.1) is 24.0 Å². The number of nitrogens with zero attached hydrogens (tertiary/aromatic N) is 1. The van der Waals surface area contributed by atoms with Crippen molar-refractivity contribution in [3.8, 4) is 17.2 Å². The third-order valence-electron chi connectivity index (χ3n) is 3.95. The van der Waals surface area contributed by atoms with Crippen LogP contribution in [0.1, 0.15) is 12.5 Å². The van der Waals surface area contributed by atoms with Gasteiger partial charge >= 0.3 is 0 Å². The SMILES string of the molecule is CN=C(NCCOc1cccc(NC(C)=O)c1)NCc1ccc(OC)c(OC)c1.I. The highest BCUT2D eigenvalue weighted by atomic mass is 127. The maximum atomic E-state index is 11.1. The van der Waals surface area contributed by atoms with Gasteiger partial charge in [-0.1, -0.05) is 12.1 Å². The number of carbonyl (C=O) groups is 1. The first kappa shape index (κ1) is 25.3. The van der Waals surface area contributed by atoms with E-state index in [0.717, 1.165) is 5.56 Å². The number of aliphatic imine (C=N–C) groups is 1. The molecule has 2 rings (SSSR count). The van der Waals surface area contributed by atoms with Gasteiger partial charge in [0.25, 0.3) is 0 Å². The number of guanidine groups is 1. The zero-order valence-corrected chi connectivity index (χ0v) is 20.0. The van der Waals surface area contributed by atoms with E-state index in [0.29, 0.717) is 48.6 Å². The molecule has 0 heterocycles. The number of hydrogen-bond acceptors (Lipinski definition) is 5. The lowest BCUT2D eigenvalue weighted by molar-refractivity contribution is -0.114. The Balaban J connectivity index is 0.00000450. The molecule has 0 aliphatic carbocycles. The highest BCUT2D eigenvalue weighted by Gasteiger charge is 2.05. The molecule has 0 unspecified atom stereocenters. The van der Waals surface area contributed by atoms with E-state index in [-0.39, 0.29) is 29.9 Å². The highest BCUT2D eigenvalue weighted by molar-refractivity contribution is 14.0. The van der Waals surface area contributed by atoms with Crippen LogP contribution in [0.25, 0.3) is 0 Å². The monoisotopic (exact) mass is 528 g/mol. The lowest BCUT2D eigenvalue weighted by atomic mass is 10.2. The number of methoxy groups -OCH3 is 2. The Morgan fingerprint density at radius 3 is 2.47 bits per heavy atom. The average Bonchev–Trinajstić information content (AvgIpc) is 2.72. The third kappa shape index (κ3) is 8.36. The van der Waals surface area contributed by atoms with Crippen molar-refractivity contribution in [2.24, 2.45) is 4.99 Å². The molecule has 0 radical (unpaired) electrons. The summed E-state index contributed by atoms with van der Waals surface area (Å²) in [5.74, 6) is 2.61. The van der Waals surface area contributed by atoms with Gasteiger partial charge in [0.15, 0.2) is 17.5 Å². The molecule has 30 heavy (non-hydrogen) atoms. The minimum Gasteiger partial charge on any atom is -0.493 e. The van der Waals surface area contributed by atoms with Crippen LogP contribution in [-0.4, -0.2) is 46.3 Å². The van der Waals surface area contributed by atoms with Crippen LogP contribution < -0.4 is 30.2 Å². The van der Waals surface area contributed by atoms with Gasteiger partial charge in [0.05, 0.1) is 20.8 Å². The van der Waals surface area contributed by atoms with E-state index >= 15 is 0 Å².